The highest BCUT2D eigenvalue weighted by atomic mass is 32.1. The van der Waals surface area contributed by atoms with Crippen LogP contribution in [0.3, 0.4) is 0 Å². The minimum atomic E-state index is -2.92. The van der Waals surface area contributed by atoms with Crippen LogP contribution >= 0.6 is 11.3 Å². The lowest BCUT2D eigenvalue weighted by molar-refractivity contribution is 0.590. The van der Waals surface area contributed by atoms with Crippen molar-refractivity contribution < 1.29 is 23.3 Å². The Morgan fingerprint density at radius 2 is 1.02 bits per heavy atom. The summed E-state index contributed by atoms with van der Waals surface area (Å²) in [6.45, 7) is 17.1. The van der Waals surface area contributed by atoms with Crippen molar-refractivity contribution in [3.05, 3.63) is 125 Å². The van der Waals surface area contributed by atoms with E-state index in [0.717, 1.165) is 11.3 Å². The Morgan fingerprint density at radius 1 is 0.547 bits per heavy atom. The Hall–Kier alpha value is -4.28. The van der Waals surface area contributed by atoms with Crippen LogP contribution in [0.2, 0.25) is 0 Å². The van der Waals surface area contributed by atoms with Crippen molar-refractivity contribution in [3.63, 3.8) is 0 Å². The molecular formula is C49H55BN2S. The van der Waals surface area contributed by atoms with Crippen LogP contribution in [0.4, 0.5) is 34.1 Å². The summed E-state index contributed by atoms with van der Waals surface area (Å²) < 4.78 is 162. The molecule has 53 heavy (non-hydrogen) atoms. The van der Waals surface area contributed by atoms with E-state index in [4.69, 9.17) is 4.11 Å². The molecule has 4 heteroatoms. The molecule has 270 valence electrons. The zero-order valence-corrected chi connectivity index (χ0v) is 33.4. The quantitative estimate of drug-likeness (QED) is 0.163. The van der Waals surface area contributed by atoms with E-state index < -0.39 is 59.4 Å². The predicted molar refractivity (Wildman–Crippen MR) is 235 cm³/mol. The van der Waals surface area contributed by atoms with Gasteiger partial charge in [0.25, 0.3) is 6.71 Å². The van der Waals surface area contributed by atoms with Gasteiger partial charge in [-0.2, -0.15) is 0 Å². The van der Waals surface area contributed by atoms with Crippen molar-refractivity contribution in [2.75, 3.05) is 9.80 Å². The summed E-state index contributed by atoms with van der Waals surface area (Å²) >= 11 is 1.00. The molecule has 2 aliphatic heterocycles. The summed E-state index contributed by atoms with van der Waals surface area (Å²) in [5.74, 6) is 0. The van der Waals surface area contributed by atoms with Crippen molar-refractivity contribution in [1.29, 1.82) is 0 Å². The van der Waals surface area contributed by atoms with Crippen LogP contribution in [-0.2, 0) is 21.7 Å². The third-order valence-corrected chi connectivity index (χ3v) is 11.0. The molecule has 0 amide bonds. The summed E-state index contributed by atoms with van der Waals surface area (Å²) in [6.07, 6.45) is 0. The Balaban J connectivity index is 1.73. The number of benzene rings is 5. The van der Waals surface area contributed by atoms with E-state index in [1.807, 2.05) is 0 Å². The van der Waals surface area contributed by atoms with E-state index in [9.17, 15) is 19.2 Å². The third kappa shape index (κ3) is 5.93. The topological polar surface area (TPSA) is 6.48 Å². The van der Waals surface area contributed by atoms with Gasteiger partial charge in [-0.05, 0) is 122 Å². The van der Waals surface area contributed by atoms with E-state index in [0.29, 0.717) is 0 Å². The second-order valence-electron chi connectivity index (χ2n) is 18.3. The van der Waals surface area contributed by atoms with E-state index in [1.165, 1.54) is 21.9 Å². The molecule has 0 unspecified atom stereocenters. The fourth-order valence-corrected chi connectivity index (χ4v) is 8.08. The standard InChI is InChI=1S/C49H55BN2S/c1-30-26-40-43-41(27-30)52(36-22-16-32(17-23-36)47(5,6)7)44-37-28-33(48(8,9)10)19-25-42(37)53-45(44)50(43)38-24-18-34(49(11,12)13)29-39(38)51(40)35-20-14-31(15-21-35)46(2,3)4/h14-29H,1-13H3/i1D3,14D,15D,16D,17D,18D,19D,20D,21D,22D,23D,24D,25D,28D,29D. The van der Waals surface area contributed by atoms with Gasteiger partial charge < -0.3 is 9.80 Å². The van der Waals surface area contributed by atoms with Crippen LogP contribution in [0.25, 0.3) is 10.1 Å². The summed E-state index contributed by atoms with van der Waals surface area (Å²) in [5.41, 5.74) is -4.03. The largest absolute Gasteiger partial charge is 0.311 e. The van der Waals surface area contributed by atoms with Crippen LogP contribution in [0.15, 0.2) is 96.7 Å². The number of fused-ring (bicyclic) bond motifs is 6. The number of rotatable bonds is 2. The number of hydrogen-bond acceptors (Lipinski definition) is 3. The fraction of sp³-hybridized carbons (Fsp3) is 0.347. The maximum absolute atomic E-state index is 10.1. The molecule has 8 rings (SSSR count). The van der Waals surface area contributed by atoms with Gasteiger partial charge >= 0.3 is 0 Å². The van der Waals surface area contributed by atoms with Crippen molar-refractivity contribution in [3.8, 4) is 0 Å². The zero-order chi connectivity index (χ0) is 52.7. The number of hydrogen-bond donors (Lipinski definition) is 0. The third-order valence-electron chi connectivity index (χ3n) is 9.86. The first-order valence-corrected chi connectivity index (χ1v) is 18.8. The lowest BCUT2D eigenvalue weighted by atomic mass is 9.36. The zero-order valence-electron chi connectivity index (χ0n) is 49.5. The Kier molecular flexibility index (Phi) is 4.70. The highest BCUT2D eigenvalue weighted by molar-refractivity contribution is 7.33. The van der Waals surface area contributed by atoms with Crippen molar-refractivity contribution >= 4 is 78.0 Å². The molecule has 2 aliphatic rings. The van der Waals surface area contributed by atoms with Crippen LogP contribution < -0.4 is 25.5 Å². The Labute approximate surface area is 346 Å². The normalized spacial score (nSPS) is 19.2. The monoisotopic (exact) mass is 732 g/mol. The maximum Gasteiger partial charge on any atom is 0.264 e. The molecular weight excluding hydrogens is 659 g/mol. The van der Waals surface area contributed by atoms with Crippen LogP contribution in [0.5, 0.6) is 0 Å². The van der Waals surface area contributed by atoms with E-state index >= 15 is 0 Å². The lowest BCUT2D eigenvalue weighted by Crippen LogP contribution is -2.60. The average molecular weight is 732 g/mol. The van der Waals surface area contributed by atoms with Gasteiger partial charge in [0.2, 0.25) is 0 Å². The number of nitrogens with zero attached hydrogens (tertiary/aromatic N) is 2. The highest BCUT2D eigenvalue weighted by Crippen LogP contribution is 2.49. The van der Waals surface area contributed by atoms with E-state index in [-0.39, 0.29) is 148 Å². The van der Waals surface area contributed by atoms with Crippen molar-refractivity contribution in [1.82, 2.24) is 0 Å². The minimum Gasteiger partial charge on any atom is -0.311 e. The van der Waals surface area contributed by atoms with Crippen LogP contribution in [-0.4, -0.2) is 6.71 Å². The number of thiophene rings is 1. The van der Waals surface area contributed by atoms with E-state index in [2.05, 4.69) is 0 Å². The molecule has 3 heterocycles. The summed E-state index contributed by atoms with van der Waals surface area (Å²) in [7, 11) is 0. The first-order valence-electron chi connectivity index (χ1n) is 26.5. The molecule has 0 atom stereocenters. The second kappa shape index (κ2) is 11.9. The fourth-order valence-electron chi connectivity index (χ4n) is 6.86. The van der Waals surface area contributed by atoms with Gasteiger partial charge in [0.1, 0.15) is 0 Å². The summed E-state index contributed by atoms with van der Waals surface area (Å²) in [6, 6.07) is -2.54. The predicted octanol–water partition coefficient (Wildman–Crippen LogP) is 12.5. The van der Waals surface area contributed by atoms with Gasteiger partial charge in [-0.25, -0.2) is 0 Å². The molecule has 0 saturated carbocycles. The molecule has 2 nitrogen and oxygen atoms in total. The van der Waals surface area contributed by atoms with Gasteiger partial charge in [0.15, 0.2) is 0 Å². The molecule has 0 N–H and O–H groups in total. The minimum absolute atomic E-state index is 0.00503. The number of aryl methyl sites for hydroxylation is 1. The van der Waals surface area contributed by atoms with Gasteiger partial charge in [-0.1, -0.05) is 125 Å². The molecule has 0 aliphatic carbocycles. The van der Waals surface area contributed by atoms with Gasteiger partial charge in [0, 0.05) is 47.4 Å². The van der Waals surface area contributed by atoms with Crippen LogP contribution in [0, 0.1) is 6.85 Å². The van der Waals surface area contributed by atoms with Crippen molar-refractivity contribution in [2.24, 2.45) is 0 Å². The first-order chi connectivity index (χ1) is 31.8. The molecule has 1 aromatic heterocycles. The van der Waals surface area contributed by atoms with E-state index in [1.54, 1.807) is 83.1 Å². The molecule has 0 radical (unpaired) electrons. The molecule has 6 aromatic rings. The second-order valence-corrected chi connectivity index (χ2v) is 19.3. The Bertz CT molecular complexity index is 3250. The van der Waals surface area contributed by atoms with Gasteiger partial charge in [-0.15, -0.1) is 11.3 Å². The number of anilines is 6. The summed E-state index contributed by atoms with van der Waals surface area (Å²) in [4.78, 5) is 2.68. The first kappa shape index (κ1) is 21.0. The average Bonchev–Trinajstić information content (AvgIpc) is 3.60. The molecule has 0 spiro atoms. The molecule has 5 aromatic carbocycles. The SMILES string of the molecule is [2H]c1c([2H])c(C(C)(C)C)c([2H])c2c1B1c3sc4c([2H])c([2H])c(C(C)(C)C)c([2H])c4c3N(c3c([2H])c([2H])c(C(C)(C)C)c([2H])c3[2H])c3cc(C([2H])([2H])[2H])cc(c31)N2c1c([2H])c([2H])c(C(C)(C)C)c([2H])c1[2H]. The lowest BCUT2D eigenvalue weighted by Gasteiger charge is -2.44. The molecule has 0 bridgehead atoms. The molecule has 0 saturated heterocycles. The maximum atomic E-state index is 10.1. The summed E-state index contributed by atoms with van der Waals surface area (Å²) in [5, 5.41) is 0.102. The highest BCUT2D eigenvalue weighted by Gasteiger charge is 2.45. The Morgan fingerprint density at radius 3 is 1.55 bits per heavy atom. The molecule has 0 fully saturated rings. The smallest absolute Gasteiger partial charge is 0.264 e. The van der Waals surface area contributed by atoms with Gasteiger partial charge in [0.05, 0.1) is 24.9 Å². The van der Waals surface area contributed by atoms with Crippen LogP contribution in [0.1, 0.15) is 134 Å². The van der Waals surface area contributed by atoms with Crippen molar-refractivity contribution in [2.45, 2.75) is 112 Å². The van der Waals surface area contributed by atoms with Gasteiger partial charge in [-0.3, -0.25) is 0 Å².